The van der Waals surface area contributed by atoms with E-state index in [-0.39, 0.29) is 11.6 Å². The number of aromatic nitrogens is 1. The molecule has 0 fully saturated rings. The summed E-state index contributed by atoms with van der Waals surface area (Å²) in [5.74, 6) is 1.18. The largest absolute Gasteiger partial charge is 0.437 e. The quantitative estimate of drug-likeness (QED) is 0.468. The molecule has 0 aliphatic rings. The van der Waals surface area contributed by atoms with E-state index in [1.807, 2.05) is 0 Å². The molecule has 0 atom stereocenters. The minimum absolute atomic E-state index is 0.278. The summed E-state index contributed by atoms with van der Waals surface area (Å²) in [5.41, 5.74) is 0. The van der Waals surface area contributed by atoms with E-state index in [9.17, 15) is 10.1 Å². The highest BCUT2D eigenvalue weighted by atomic mass is 35.5. The molecule has 16 heavy (non-hydrogen) atoms. The van der Waals surface area contributed by atoms with E-state index in [0.717, 1.165) is 0 Å². The van der Waals surface area contributed by atoms with Crippen LogP contribution in [-0.4, -0.2) is 15.8 Å². The van der Waals surface area contributed by atoms with Crippen molar-refractivity contribution in [2.45, 2.75) is 6.42 Å². The molecule has 0 unspecified atom stereocenters. The van der Waals surface area contributed by atoms with Gasteiger partial charge in [0.2, 0.25) is 0 Å². The van der Waals surface area contributed by atoms with Crippen molar-refractivity contribution in [2.75, 3.05) is 5.88 Å². The lowest BCUT2D eigenvalue weighted by Crippen LogP contribution is -1.83. The zero-order chi connectivity index (χ0) is 11.5. The number of aryl methyl sites for hydroxylation is 1. The minimum atomic E-state index is -0.612. The highest BCUT2D eigenvalue weighted by Crippen LogP contribution is 2.26. The molecule has 0 saturated carbocycles. The summed E-state index contributed by atoms with van der Waals surface area (Å²) in [5, 5.41) is 10.4. The van der Waals surface area contributed by atoms with E-state index in [1.54, 1.807) is 0 Å². The molecule has 0 amide bonds. The van der Waals surface area contributed by atoms with Crippen LogP contribution in [0, 0.1) is 10.1 Å². The van der Waals surface area contributed by atoms with Crippen molar-refractivity contribution in [1.29, 1.82) is 0 Å². The van der Waals surface area contributed by atoms with Gasteiger partial charge in [0.25, 0.3) is 0 Å². The van der Waals surface area contributed by atoms with Crippen molar-refractivity contribution in [2.24, 2.45) is 0 Å². The Kier molecular flexibility index (Phi) is 2.91. The number of halogens is 1. The third-order valence-corrected chi connectivity index (χ3v) is 2.07. The Balaban J connectivity index is 2.24. The van der Waals surface area contributed by atoms with Crippen LogP contribution in [0.25, 0.3) is 11.5 Å². The van der Waals surface area contributed by atoms with Gasteiger partial charge < -0.3 is 8.83 Å². The lowest BCUT2D eigenvalue weighted by atomic mass is 10.4. The predicted octanol–water partition coefficient (Wildman–Crippen LogP) is 2.62. The first-order chi connectivity index (χ1) is 7.70. The Labute approximate surface area is 95.0 Å². The third kappa shape index (κ3) is 2.06. The summed E-state index contributed by atoms with van der Waals surface area (Å²) >= 11 is 5.52. The van der Waals surface area contributed by atoms with Gasteiger partial charge in [-0.25, -0.2) is 4.98 Å². The maximum absolute atomic E-state index is 10.4. The van der Waals surface area contributed by atoms with E-state index < -0.39 is 4.92 Å². The van der Waals surface area contributed by atoms with Crippen LogP contribution in [0.2, 0.25) is 0 Å². The van der Waals surface area contributed by atoms with Gasteiger partial charge in [-0.05, 0) is 6.07 Å². The van der Waals surface area contributed by atoms with Crippen LogP contribution >= 0.6 is 11.6 Å². The van der Waals surface area contributed by atoms with Gasteiger partial charge in [0.05, 0.1) is 12.3 Å². The van der Waals surface area contributed by atoms with E-state index in [4.69, 9.17) is 20.4 Å². The summed E-state index contributed by atoms with van der Waals surface area (Å²) in [4.78, 5) is 13.7. The molecule has 0 aromatic carbocycles. The fourth-order valence-electron chi connectivity index (χ4n) is 1.18. The van der Waals surface area contributed by atoms with Crippen LogP contribution in [-0.2, 0) is 6.42 Å². The topological polar surface area (TPSA) is 82.3 Å². The van der Waals surface area contributed by atoms with Crippen LogP contribution in [0.15, 0.2) is 27.2 Å². The SMILES string of the molecule is O=[N+]([O-])c1ccc(-c2cnc(CCCl)o2)o1. The number of nitro groups is 1. The van der Waals surface area contributed by atoms with E-state index in [0.29, 0.717) is 24.0 Å². The van der Waals surface area contributed by atoms with Gasteiger partial charge in [0.15, 0.2) is 17.4 Å². The van der Waals surface area contributed by atoms with Gasteiger partial charge in [-0.3, -0.25) is 10.1 Å². The highest BCUT2D eigenvalue weighted by molar-refractivity contribution is 6.17. The Morgan fingerprint density at radius 2 is 2.19 bits per heavy atom. The normalized spacial score (nSPS) is 10.6. The van der Waals surface area contributed by atoms with Gasteiger partial charge in [-0.1, -0.05) is 0 Å². The summed E-state index contributed by atoms with van der Waals surface area (Å²) in [6.07, 6.45) is 1.95. The van der Waals surface area contributed by atoms with Gasteiger partial charge in [0.1, 0.15) is 4.92 Å². The summed E-state index contributed by atoms with van der Waals surface area (Å²) in [7, 11) is 0. The minimum Gasteiger partial charge on any atom is -0.437 e. The summed E-state index contributed by atoms with van der Waals surface area (Å²) < 4.78 is 10.2. The molecule has 0 N–H and O–H groups in total. The highest BCUT2D eigenvalue weighted by Gasteiger charge is 2.16. The van der Waals surface area contributed by atoms with Gasteiger partial charge in [0, 0.05) is 12.3 Å². The molecule has 7 heteroatoms. The second-order valence-electron chi connectivity index (χ2n) is 2.95. The number of oxazole rings is 1. The molecule has 0 spiro atoms. The van der Waals surface area contributed by atoms with E-state index in [1.165, 1.54) is 18.3 Å². The molecule has 84 valence electrons. The fraction of sp³-hybridized carbons (Fsp3) is 0.222. The first-order valence-electron chi connectivity index (χ1n) is 4.46. The molecule has 0 aliphatic heterocycles. The first kappa shape index (κ1) is 10.7. The van der Waals surface area contributed by atoms with Gasteiger partial charge >= 0.3 is 5.88 Å². The fourth-order valence-corrected chi connectivity index (χ4v) is 1.34. The average molecular weight is 243 g/mol. The summed E-state index contributed by atoms with van der Waals surface area (Å²) in [6, 6.07) is 2.72. The number of alkyl halides is 1. The maximum Gasteiger partial charge on any atom is 0.433 e. The van der Waals surface area contributed by atoms with Gasteiger partial charge in [-0.2, -0.15) is 0 Å². The Hall–Kier alpha value is -1.82. The van der Waals surface area contributed by atoms with Crippen molar-refractivity contribution in [3.05, 3.63) is 34.3 Å². The third-order valence-electron chi connectivity index (χ3n) is 1.88. The Morgan fingerprint density at radius 1 is 1.38 bits per heavy atom. The standard InChI is InChI=1S/C9H7ClN2O4/c10-4-3-8-11-5-7(15-8)6-1-2-9(16-6)12(13)14/h1-2,5H,3-4H2. The zero-order valence-electron chi connectivity index (χ0n) is 8.05. The molecular formula is C9H7ClN2O4. The number of furan rings is 1. The number of hydrogen-bond acceptors (Lipinski definition) is 5. The average Bonchev–Trinajstić information content (AvgIpc) is 2.84. The molecule has 2 aromatic heterocycles. The maximum atomic E-state index is 10.4. The second-order valence-corrected chi connectivity index (χ2v) is 3.33. The first-order valence-corrected chi connectivity index (χ1v) is 4.99. The molecule has 2 rings (SSSR count). The smallest absolute Gasteiger partial charge is 0.433 e. The Morgan fingerprint density at radius 3 is 2.81 bits per heavy atom. The van der Waals surface area contributed by atoms with E-state index in [2.05, 4.69) is 4.98 Å². The van der Waals surface area contributed by atoms with Crippen LogP contribution in [0.4, 0.5) is 5.88 Å². The number of hydrogen-bond donors (Lipinski definition) is 0. The van der Waals surface area contributed by atoms with Crippen molar-refractivity contribution in [3.63, 3.8) is 0 Å². The van der Waals surface area contributed by atoms with Crippen LogP contribution < -0.4 is 0 Å². The summed E-state index contributed by atoms with van der Waals surface area (Å²) in [6.45, 7) is 0. The van der Waals surface area contributed by atoms with Crippen molar-refractivity contribution in [1.82, 2.24) is 4.98 Å². The molecule has 6 nitrogen and oxygen atoms in total. The lowest BCUT2D eigenvalue weighted by molar-refractivity contribution is -0.401. The second kappa shape index (κ2) is 4.36. The molecule has 0 bridgehead atoms. The van der Waals surface area contributed by atoms with Crippen molar-refractivity contribution >= 4 is 17.5 Å². The Bertz CT molecular complexity index is 505. The molecule has 0 radical (unpaired) electrons. The molecule has 2 aromatic rings. The molecule has 2 heterocycles. The van der Waals surface area contributed by atoms with Crippen LogP contribution in [0.3, 0.4) is 0 Å². The molecule has 0 aliphatic carbocycles. The number of nitrogens with zero attached hydrogens (tertiary/aromatic N) is 2. The zero-order valence-corrected chi connectivity index (χ0v) is 8.81. The van der Waals surface area contributed by atoms with Gasteiger partial charge in [-0.15, -0.1) is 11.6 Å². The monoisotopic (exact) mass is 242 g/mol. The van der Waals surface area contributed by atoms with Crippen molar-refractivity contribution < 1.29 is 13.8 Å². The predicted molar refractivity (Wildman–Crippen MR) is 55.3 cm³/mol. The van der Waals surface area contributed by atoms with Crippen LogP contribution in [0.1, 0.15) is 5.89 Å². The lowest BCUT2D eigenvalue weighted by Gasteiger charge is -1.88. The molecular weight excluding hydrogens is 236 g/mol. The van der Waals surface area contributed by atoms with Crippen molar-refractivity contribution in [3.8, 4) is 11.5 Å². The van der Waals surface area contributed by atoms with Crippen LogP contribution in [0.5, 0.6) is 0 Å². The van der Waals surface area contributed by atoms with E-state index >= 15 is 0 Å². The molecule has 0 saturated heterocycles. The number of rotatable bonds is 4.